The van der Waals surface area contributed by atoms with Gasteiger partial charge in [0.1, 0.15) is 0 Å². The highest BCUT2D eigenvalue weighted by atomic mass is 79.9. The number of anilines is 2. The number of benzene rings is 2. The maximum absolute atomic E-state index is 11.9. The molecular formula is C16H17BrN2O. The molecular weight excluding hydrogens is 316 g/mol. The molecule has 0 aliphatic heterocycles. The molecule has 4 heteroatoms. The fraction of sp³-hybridized carbons (Fsp3) is 0.188. The van der Waals surface area contributed by atoms with Gasteiger partial charge in [-0.3, -0.25) is 4.79 Å². The SMILES string of the molecule is Cc1cccc(NCC(=O)Nc2cccc(Br)c2)c1C. The van der Waals surface area contributed by atoms with Crippen molar-refractivity contribution < 1.29 is 4.79 Å². The first-order valence-electron chi connectivity index (χ1n) is 6.42. The number of carbonyl (C=O) groups is 1. The van der Waals surface area contributed by atoms with Crippen LogP contribution < -0.4 is 10.6 Å². The normalized spacial score (nSPS) is 10.2. The number of nitrogens with one attached hydrogen (secondary N) is 2. The van der Waals surface area contributed by atoms with Gasteiger partial charge >= 0.3 is 0 Å². The number of aryl methyl sites for hydroxylation is 1. The summed E-state index contributed by atoms with van der Waals surface area (Å²) in [6, 6.07) is 13.6. The lowest BCUT2D eigenvalue weighted by Crippen LogP contribution is -2.22. The van der Waals surface area contributed by atoms with Crippen LogP contribution in [0.5, 0.6) is 0 Å². The fourth-order valence-electron chi connectivity index (χ4n) is 1.89. The van der Waals surface area contributed by atoms with Crippen LogP contribution in [0, 0.1) is 13.8 Å². The van der Waals surface area contributed by atoms with E-state index in [9.17, 15) is 4.79 Å². The standard InChI is InChI=1S/C16H17BrN2O/c1-11-5-3-8-15(12(11)2)18-10-16(20)19-14-7-4-6-13(17)9-14/h3-9,18H,10H2,1-2H3,(H,19,20). The third-order valence-corrected chi connectivity index (χ3v) is 3.65. The maximum Gasteiger partial charge on any atom is 0.243 e. The molecule has 0 spiro atoms. The molecule has 3 nitrogen and oxygen atoms in total. The molecule has 0 heterocycles. The van der Waals surface area contributed by atoms with Crippen LogP contribution in [-0.2, 0) is 4.79 Å². The Bertz CT molecular complexity index is 626. The van der Waals surface area contributed by atoms with Crippen LogP contribution in [0.4, 0.5) is 11.4 Å². The molecule has 0 saturated heterocycles. The molecule has 20 heavy (non-hydrogen) atoms. The topological polar surface area (TPSA) is 41.1 Å². The number of rotatable bonds is 4. The first-order chi connectivity index (χ1) is 9.56. The third kappa shape index (κ3) is 3.84. The van der Waals surface area contributed by atoms with E-state index in [1.807, 2.05) is 43.3 Å². The highest BCUT2D eigenvalue weighted by Crippen LogP contribution is 2.18. The molecule has 1 amide bonds. The maximum atomic E-state index is 11.9. The van der Waals surface area contributed by atoms with Crippen molar-refractivity contribution in [3.05, 3.63) is 58.1 Å². The minimum Gasteiger partial charge on any atom is -0.376 e. The predicted octanol–water partition coefficient (Wildman–Crippen LogP) is 4.12. The van der Waals surface area contributed by atoms with E-state index in [0.717, 1.165) is 15.8 Å². The van der Waals surface area contributed by atoms with Gasteiger partial charge in [-0.05, 0) is 49.2 Å². The molecule has 2 rings (SSSR count). The molecule has 2 aromatic rings. The second kappa shape index (κ2) is 6.57. The van der Waals surface area contributed by atoms with Crippen LogP contribution in [0.3, 0.4) is 0 Å². The summed E-state index contributed by atoms with van der Waals surface area (Å²) in [5.74, 6) is -0.0657. The lowest BCUT2D eigenvalue weighted by molar-refractivity contribution is -0.114. The smallest absolute Gasteiger partial charge is 0.243 e. The third-order valence-electron chi connectivity index (χ3n) is 3.15. The summed E-state index contributed by atoms with van der Waals surface area (Å²) in [4.78, 5) is 11.9. The van der Waals surface area contributed by atoms with Crippen molar-refractivity contribution in [2.24, 2.45) is 0 Å². The Morgan fingerprint density at radius 3 is 2.65 bits per heavy atom. The van der Waals surface area contributed by atoms with Gasteiger partial charge in [-0.15, -0.1) is 0 Å². The Kier molecular flexibility index (Phi) is 4.79. The molecule has 0 saturated carbocycles. The van der Waals surface area contributed by atoms with E-state index in [1.165, 1.54) is 11.1 Å². The zero-order valence-corrected chi connectivity index (χ0v) is 13.1. The van der Waals surface area contributed by atoms with E-state index >= 15 is 0 Å². The average Bonchev–Trinajstić information content (AvgIpc) is 2.40. The Balaban J connectivity index is 1.94. The lowest BCUT2D eigenvalue weighted by atomic mass is 10.1. The summed E-state index contributed by atoms with van der Waals surface area (Å²) in [6.07, 6.45) is 0. The van der Waals surface area contributed by atoms with Crippen molar-refractivity contribution in [3.63, 3.8) is 0 Å². The Morgan fingerprint density at radius 1 is 1.15 bits per heavy atom. The number of amides is 1. The molecule has 2 N–H and O–H groups in total. The Morgan fingerprint density at radius 2 is 1.90 bits per heavy atom. The van der Waals surface area contributed by atoms with Crippen LogP contribution in [0.15, 0.2) is 46.9 Å². The first-order valence-corrected chi connectivity index (χ1v) is 7.21. The van der Waals surface area contributed by atoms with E-state index in [4.69, 9.17) is 0 Å². The summed E-state index contributed by atoms with van der Waals surface area (Å²) >= 11 is 3.38. The van der Waals surface area contributed by atoms with Crippen molar-refractivity contribution in [2.75, 3.05) is 17.2 Å². The molecule has 0 aliphatic carbocycles. The average molecular weight is 333 g/mol. The number of hydrogen-bond acceptors (Lipinski definition) is 2. The largest absolute Gasteiger partial charge is 0.376 e. The van der Waals surface area contributed by atoms with Gasteiger partial charge in [0.05, 0.1) is 6.54 Å². The predicted molar refractivity (Wildman–Crippen MR) is 87.2 cm³/mol. The zero-order chi connectivity index (χ0) is 14.5. The van der Waals surface area contributed by atoms with E-state index < -0.39 is 0 Å². The van der Waals surface area contributed by atoms with Gasteiger partial charge in [-0.1, -0.05) is 34.1 Å². The molecule has 0 aromatic heterocycles. The summed E-state index contributed by atoms with van der Waals surface area (Å²) in [5.41, 5.74) is 4.16. The highest BCUT2D eigenvalue weighted by molar-refractivity contribution is 9.10. The molecule has 2 aromatic carbocycles. The van der Waals surface area contributed by atoms with Crippen LogP contribution in [0.2, 0.25) is 0 Å². The lowest BCUT2D eigenvalue weighted by Gasteiger charge is -2.11. The minimum atomic E-state index is -0.0657. The minimum absolute atomic E-state index is 0.0657. The Hall–Kier alpha value is -1.81. The van der Waals surface area contributed by atoms with Gasteiger partial charge in [0, 0.05) is 15.8 Å². The quantitative estimate of drug-likeness (QED) is 0.884. The van der Waals surface area contributed by atoms with Crippen molar-refractivity contribution in [3.8, 4) is 0 Å². The van der Waals surface area contributed by atoms with E-state index in [-0.39, 0.29) is 12.5 Å². The van der Waals surface area contributed by atoms with Crippen LogP contribution in [0.1, 0.15) is 11.1 Å². The molecule has 0 bridgehead atoms. The van der Waals surface area contributed by atoms with Crippen LogP contribution >= 0.6 is 15.9 Å². The van der Waals surface area contributed by atoms with Crippen molar-refractivity contribution in [2.45, 2.75) is 13.8 Å². The first kappa shape index (κ1) is 14.6. The van der Waals surface area contributed by atoms with Crippen LogP contribution in [0.25, 0.3) is 0 Å². The molecule has 0 fully saturated rings. The van der Waals surface area contributed by atoms with Crippen molar-refractivity contribution in [1.82, 2.24) is 0 Å². The summed E-state index contributed by atoms with van der Waals surface area (Å²) < 4.78 is 0.942. The van der Waals surface area contributed by atoms with E-state index in [0.29, 0.717) is 0 Å². The van der Waals surface area contributed by atoms with E-state index in [2.05, 4.69) is 39.6 Å². The fourth-order valence-corrected chi connectivity index (χ4v) is 2.29. The van der Waals surface area contributed by atoms with Crippen molar-refractivity contribution >= 4 is 33.2 Å². The van der Waals surface area contributed by atoms with E-state index in [1.54, 1.807) is 0 Å². The number of halogens is 1. The monoisotopic (exact) mass is 332 g/mol. The molecule has 0 atom stereocenters. The second-order valence-corrected chi connectivity index (χ2v) is 5.58. The second-order valence-electron chi connectivity index (χ2n) is 4.66. The van der Waals surface area contributed by atoms with Gasteiger partial charge in [-0.25, -0.2) is 0 Å². The van der Waals surface area contributed by atoms with Gasteiger partial charge in [0.25, 0.3) is 0 Å². The molecule has 0 unspecified atom stereocenters. The molecule has 0 radical (unpaired) electrons. The summed E-state index contributed by atoms with van der Waals surface area (Å²) in [7, 11) is 0. The van der Waals surface area contributed by atoms with Gasteiger partial charge < -0.3 is 10.6 Å². The van der Waals surface area contributed by atoms with Gasteiger partial charge in [0.15, 0.2) is 0 Å². The Labute approximate surface area is 127 Å². The number of carbonyl (C=O) groups excluding carboxylic acids is 1. The van der Waals surface area contributed by atoms with Crippen molar-refractivity contribution in [1.29, 1.82) is 0 Å². The molecule has 104 valence electrons. The number of hydrogen-bond donors (Lipinski definition) is 2. The molecule has 0 aliphatic rings. The van der Waals surface area contributed by atoms with Gasteiger partial charge in [0.2, 0.25) is 5.91 Å². The summed E-state index contributed by atoms with van der Waals surface area (Å²) in [6.45, 7) is 4.35. The zero-order valence-electron chi connectivity index (χ0n) is 11.5. The highest BCUT2D eigenvalue weighted by Gasteiger charge is 2.05. The van der Waals surface area contributed by atoms with Crippen LogP contribution in [-0.4, -0.2) is 12.5 Å². The van der Waals surface area contributed by atoms with Gasteiger partial charge in [-0.2, -0.15) is 0 Å². The summed E-state index contributed by atoms with van der Waals surface area (Å²) in [5, 5.41) is 6.02.